The molecule has 2 atom stereocenters. The average Bonchev–Trinajstić information content (AvgIpc) is 2.27. The number of hydrogen-bond acceptors (Lipinski definition) is 3. The minimum absolute atomic E-state index is 0.0637. The first kappa shape index (κ1) is 12.5. The van der Waals surface area contributed by atoms with Crippen LogP contribution in [0.1, 0.15) is 28.8 Å². The lowest BCUT2D eigenvalue weighted by atomic mass is 9.93. The van der Waals surface area contributed by atoms with Gasteiger partial charge >= 0.3 is 5.97 Å². The summed E-state index contributed by atoms with van der Waals surface area (Å²) in [5.74, 6) is -0.187. The summed E-state index contributed by atoms with van der Waals surface area (Å²) in [7, 11) is 0. The lowest BCUT2D eigenvalue weighted by molar-refractivity contribution is 0.0695. The second-order valence-corrected chi connectivity index (χ2v) is 4.46. The van der Waals surface area contributed by atoms with E-state index in [9.17, 15) is 4.79 Å². The highest BCUT2D eigenvalue weighted by Crippen LogP contribution is 2.26. The third kappa shape index (κ3) is 2.92. The zero-order valence-corrected chi connectivity index (χ0v) is 10.2. The van der Waals surface area contributed by atoms with E-state index in [1.807, 2.05) is 19.1 Å². The van der Waals surface area contributed by atoms with Crippen molar-refractivity contribution in [3.05, 3.63) is 35.4 Å². The largest absolute Gasteiger partial charge is 0.478 e. The maximum Gasteiger partial charge on any atom is 0.335 e. The molecule has 2 nitrogen and oxygen atoms in total. The molecule has 0 aliphatic carbocycles. The van der Waals surface area contributed by atoms with Crippen molar-refractivity contribution in [3.63, 3.8) is 0 Å². The van der Waals surface area contributed by atoms with Crippen LogP contribution in [0.15, 0.2) is 24.3 Å². The number of carboxylic acids is 1. The predicted octanol–water partition coefficient (Wildman–Crippen LogP) is 2.72. The third-order valence-electron chi connectivity index (χ3n) is 2.45. The molecule has 1 aromatic carbocycles. The van der Waals surface area contributed by atoms with Gasteiger partial charge in [0, 0.05) is 11.0 Å². The van der Waals surface area contributed by atoms with Gasteiger partial charge < -0.3 is 5.11 Å². The first-order valence-electron chi connectivity index (χ1n) is 4.69. The van der Waals surface area contributed by atoms with E-state index in [0.29, 0.717) is 11.3 Å². The summed E-state index contributed by atoms with van der Waals surface area (Å²) >= 11 is 8.55. The van der Waals surface area contributed by atoms with Crippen molar-refractivity contribution in [1.82, 2.24) is 0 Å². The molecule has 0 fully saturated rings. The Morgan fingerprint density at radius 2 is 2.07 bits per heavy atom. The van der Waals surface area contributed by atoms with Crippen molar-refractivity contribution in [1.29, 1.82) is 0 Å². The molecule has 0 aliphatic heterocycles. The number of carboxylic acid groups (broad SMARTS) is 1. The van der Waals surface area contributed by atoms with Crippen LogP contribution in [0.3, 0.4) is 0 Å². The van der Waals surface area contributed by atoms with E-state index in [0.717, 1.165) is 5.56 Å². The summed E-state index contributed by atoms with van der Waals surface area (Å²) in [4.78, 5) is 11.0. The summed E-state index contributed by atoms with van der Waals surface area (Å²) in [6, 6.07) is 7.03. The molecule has 0 saturated carbocycles. The van der Waals surface area contributed by atoms with Crippen LogP contribution in [-0.4, -0.2) is 22.1 Å². The molecule has 0 aromatic heterocycles. The number of aromatic carboxylic acids is 1. The first-order valence-corrected chi connectivity index (χ1v) is 5.84. The molecule has 1 aromatic rings. The maximum atomic E-state index is 11.0. The Kier molecular flexibility index (Phi) is 4.54. The molecule has 0 amide bonds. The summed E-state index contributed by atoms with van der Waals surface area (Å²) in [6.07, 6.45) is 0. The van der Waals surface area contributed by atoms with Gasteiger partial charge in [0.05, 0.1) is 5.56 Å². The van der Waals surface area contributed by atoms with Gasteiger partial charge in [-0.3, -0.25) is 0 Å². The van der Waals surface area contributed by atoms with Gasteiger partial charge in [-0.05, 0) is 17.5 Å². The molecule has 15 heavy (non-hydrogen) atoms. The van der Waals surface area contributed by atoms with Gasteiger partial charge in [0.1, 0.15) is 0 Å². The number of rotatable bonds is 4. The molecule has 4 heteroatoms. The van der Waals surface area contributed by atoms with Crippen LogP contribution >= 0.6 is 25.3 Å². The lowest BCUT2D eigenvalue weighted by Crippen LogP contribution is -2.15. The van der Waals surface area contributed by atoms with E-state index in [-0.39, 0.29) is 11.2 Å². The van der Waals surface area contributed by atoms with Crippen molar-refractivity contribution in [2.24, 2.45) is 0 Å². The molecule has 1 rings (SSSR count). The molecular formula is C11H14O2S2. The fourth-order valence-electron chi connectivity index (χ4n) is 1.45. The molecule has 0 bridgehead atoms. The Bertz CT molecular complexity index is 352. The Morgan fingerprint density at radius 1 is 1.47 bits per heavy atom. The number of thiol groups is 2. The highest BCUT2D eigenvalue weighted by molar-refractivity contribution is 7.84. The van der Waals surface area contributed by atoms with Crippen LogP contribution in [0.4, 0.5) is 0 Å². The molecule has 0 saturated heterocycles. The van der Waals surface area contributed by atoms with Crippen molar-refractivity contribution in [3.8, 4) is 0 Å². The first-order chi connectivity index (χ1) is 7.07. The highest BCUT2D eigenvalue weighted by Gasteiger charge is 2.19. The van der Waals surface area contributed by atoms with Gasteiger partial charge in [0.25, 0.3) is 0 Å². The zero-order chi connectivity index (χ0) is 11.4. The quantitative estimate of drug-likeness (QED) is 0.710. The third-order valence-corrected chi connectivity index (χ3v) is 3.76. The maximum absolute atomic E-state index is 11.0. The molecule has 0 spiro atoms. The average molecular weight is 242 g/mol. The highest BCUT2D eigenvalue weighted by atomic mass is 32.1. The van der Waals surface area contributed by atoms with Crippen LogP contribution in [0.25, 0.3) is 0 Å². The van der Waals surface area contributed by atoms with E-state index in [1.54, 1.807) is 12.1 Å². The van der Waals surface area contributed by atoms with Crippen molar-refractivity contribution >= 4 is 31.2 Å². The van der Waals surface area contributed by atoms with Crippen LogP contribution in [0.2, 0.25) is 0 Å². The zero-order valence-electron chi connectivity index (χ0n) is 8.42. The van der Waals surface area contributed by atoms with Crippen molar-refractivity contribution in [2.45, 2.75) is 18.1 Å². The van der Waals surface area contributed by atoms with E-state index in [4.69, 9.17) is 5.11 Å². The molecule has 0 aliphatic rings. The van der Waals surface area contributed by atoms with Crippen molar-refractivity contribution in [2.75, 3.05) is 5.75 Å². The van der Waals surface area contributed by atoms with Crippen LogP contribution < -0.4 is 0 Å². The molecule has 0 radical (unpaired) electrons. The fourth-order valence-corrected chi connectivity index (χ4v) is 1.93. The van der Waals surface area contributed by atoms with Crippen LogP contribution in [-0.2, 0) is 0 Å². The van der Waals surface area contributed by atoms with Gasteiger partial charge in [-0.2, -0.15) is 25.3 Å². The molecule has 82 valence electrons. The topological polar surface area (TPSA) is 37.3 Å². The predicted molar refractivity (Wildman–Crippen MR) is 68.4 cm³/mol. The molecule has 1 N–H and O–H groups in total. The lowest BCUT2D eigenvalue weighted by Gasteiger charge is -2.19. The van der Waals surface area contributed by atoms with Crippen LogP contribution in [0, 0.1) is 0 Å². The SMILES string of the molecule is CC(c1ccccc1C(=O)O)C(S)CS. The minimum Gasteiger partial charge on any atom is -0.478 e. The van der Waals surface area contributed by atoms with Crippen molar-refractivity contribution < 1.29 is 9.90 Å². The Balaban J connectivity index is 3.07. The fraction of sp³-hybridized carbons (Fsp3) is 0.364. The number of carbonyl (C=O) groups is 1. The summed E-state index contributed by atoms with van der Waals surface area (Å²) in [5.41, 5.74) is 1.17. The van der Waals surface area contributed by atoms with Crippen LogP contribution in [0.5, 0.6) is 0 Å². The minimum atomic E-state index is -0.892. The molecular weight excluding hydrogens is 228 g/mol. The smallest absolute Gasteiger partial charge is 0.335 e. The Labute approximate surface area is 101 Å². The normalized spacial score (nSPS) is 14.6. The monoisotopic (exact) mass is 242 g/mol. The number of benzene rings is 1. The number of hydrogen-bond donors (Lipinski definition) is 3. The summed E-state index contributed by atoms with van der Waals surface area (Å²) in [5, 5.41) is 9.09. The van der Waals surface area contributed by atoms with E-state index in [1.165, 1.54) is 0 Å². The van der Waals surface area contributed by atoms with E-state index >= 15 is 0 Å². The van der Waals surface area contributed by atoms with Gasteiger partial charge in [-0.25, -0.2) is 4.79 Å². The van der Waals surface area contributed by atoms with Gasteiger partial charge in [-0.1, -0.05) is 25.1 Å². The second kappa shape index (κ2) is 5.47. The van der Waals surface area contributed by atoms with E-state index < -0.39 is 5.97 Å². The molecule has 2 unspecified atom stereocenters. The molecule has 0 heterocycles. The standard InChI is InChI=1S/C11H14O2S2/c1-7(10(15)6-14)8-4-2-3-5-9(8)11(12)13/h2-5,7,10,14-15H,6H2,1H3,(H,12,13). The van der Waals surface area contributed by atoms with E-state index in [2.05, 4.69) is 25.3 Å². The van der Waals surface area contributed by atoms with Gasteiger partial charge in [0.2, 0.25) is 0 Å². The van der Waals surface area contributed by atoms with Gasteiger partial charge in [-0.15, -0.1) is 0 Å². The van der Waals surface area contributed by atoms with Gasteiger partial charge in [0.15, 0.2) is 0 Å². The Hall–Kier alpha value is -0.610. The Morgan fingerprint density at radius 3 is 2.60 bits per heavy atom. The summed E-state index contributed by atoms with van der Waals surface area (Å²) < 4.78 is 0. The second-order valence-electron chi connectivity index (χ2n) is 3.43. The summed E-state index contributed by atoms with van der Waals surface area (Å²) in [6.45, 7) is 1.97.